The van der Waals surface area contributed by atoms with Crippen molar-refractivity contribution >= 4 is 50.3 Å². The van der Waals surface area contributed by atoms with Crippen LogP contribution in [0, 0.1) is 3.57 Å². The Morgan fingerprint density at radius 2 is 1.71 bits per heavy atom. The van der Waals surface area contributed by atoms with Crippen LogP contribution in [0.5, 0.6) is 11.5 Å². The molecule has 1 heterocycles. The first-order valence-electron chi connectivity index (χ1n) is 10.1. The third-order valence-electron chi connectivity index (χ3n) is 4.84. The second-order valence-electron chi connectivity index (χ2n) is 7.77. The first-order valence-corrected chi connectivity index (χ1v) is 13.7. The predicted octanol–water partition coefficient (Wildman–Crippen LogP) is 4.34. The molecule has 34 heavy (non-hydrogen) atoms. The van der Waals surface area contributed by atoms with Gasteiger partial charge in [-0.3, -0.25) is 15.0 Å². The molecule has 8 nitrogen and oxygen atoms in total. The van der Waals surface area contributed by atoms with Crippen LogP contribution in [0.2, 0.25) is 0 Å². The lowest BCUT2D eigenvalue weighted by molar-refractivity contribution is -0.131. The molecule has 0 aliphatic heterocycles. The van der Waals surface area contributed by atoms with Gasteiger partial charge in [0.05, 0.1) is 10.6 Å². The number of nitrogens with one attached hydrogen (secondary N) is 2. The van der Waals surface area contributed by atoms with E-state index in [-0.39, 0.29) is 4.90 Å². The number of pyridine rings is 1. The second kappa shape index (κ2) is 11.5. The highest BCUT2D eigenvalue weighted by molar-refractivity contribution is 14.1. The Kier molecular flexibility index (Phi) is 8.93. The summed E-state index contributed by atoms with van der Waals surface area (Å²) in [5, 5.41) is 9.24. The maximum Gasteiger partial charge on any atom is 0.262 e. The van der Waals surface area contributed by atoms with Crippen LogP contribution in [0.25, 0.3) is 0 Å². The molecule has 1 amide bonds. The van der Waals surface area contributed by atoms with Crippen molar-refractivity contribution in [3.8, 4) is 11.5 Å². The third-order valence-corrected chi connectivity index (χ3v) is 8.42. The maximum atomic E-state index is 13.1. The van der Waals surface area contributed by atoms with Crippen LogP contribution in [0.4, 0.5) is 0 Å². The first kappa shape index (κ1) is 26.4. The molecule has 3 rings (SSSR count). The Balaban J connectivity index is 1.74. The number of carbonyl (C=O) groups excluding carboxylic acids is 1. The fraction of sp³-hybridized carbons (Fsp3) is 0.217. The van der Waals surface area contributed by atoms with Gasteiger partial charge in [-0.25, -0.2) is 13.9 Å². The molecule has 0 aliphatic carbocycles. The van der Waals surface area contributed by atoms with Crippen LogP contribution in [0.15, 0.2) is 77.8 Å². The highest BCUT2D eigenvalue weighted by Gasteiger charge is 2.39. The minimum absolute atomic E-state index is 0.0382. The standard InChI is InChI=1S/C23H24IN3O5S2/c1-23(2,33-15-17-5-3-4-14-25-17)21(22(28)26-29)27-34(30,31)20-12-10-19(11-13-20)32-18-8-6-16(24)7-9-18/h3-14,21,27,29H,15H2,1-2H3,(H,26,28). The number of halogens is 1. The minimum Gasteiger partial charge on any atom is -0.457 e. The Labute approximate surface area is 216 Å². The lowest BCUT2D eigenvalue weighted by atomic mass is 10.0. The quantitative estimate of drug-likeness (QED) is 0.177. The molecule has 0 spiro atoms. The Morgan fingerprint density at radius 3 is 2.26 bits per heavy atom. The normalized spacial score (nSPS) is 12.7. The van der Waals surface area contributed by atoms with Gasteiger partial charge in [0.15, 0.2) is 0 Å². The minimum atomic E-state index is -4.08. The number of hydrogen-bond donors (Lipinski definition) is 3. The van der Waals surface area contributed by atoms with Gasteiger partial charge in [-0.15, -0.1) is 11.8 Å². The molecule has 11 heteroatoms. The van der Waals surface area contributed by atoms with Gasteiger partial charge in [-0.1, -0.05) is 6.07 Å². The number of thioether (sulfide) groups is 1. The predicted molar refractivity (Wildman–Crippen MR) is 139 cm³/mol. The van der Waals surface area contributed by atoms with Gasteiger partial charge in [-0.05, 0) is 97.1 Å². The molecule has 0 saturated heterocycles. The highest BCUT2D eigenvalue weighted by Crippen LogP contribution is 2.32. The smallest absolute Gasteiger partial charge is 0.262 e. The van der Waals surface area contributed by atoms with E-state index in [0.29, 0.717) is 17.3 Å². The van der Waals surface area contributed by atoms with Gasteiger partial charge in [0.25, 0.3) is 5.91 Å². The number of hydroxylamine groups is 1. The summed E-state index contributed by atoms with van der Waals surface area (Å²) in [4.78, 5) is 16.6. The third kappa shape index (κ3) is 7.15. The van der Waals surface area contributed by atoms with E-state index in [9.17, 15) is 18.4 Å². The van der Waals surface area contributed by atoms with Crippen LogP contribution in [-0.4, -0.2) is 35.3 Å². The molecule has 0 saturated carbocycles. The highest BCUT2D eigenvalue weighted by atomic mass is 127. The number of amides is 1. The van der Waals surface area contributed by atoms with Gasteiger partial charge in [0.1, 0.15) is 17.5 Å². The monoisotopic (exact) mass is 613 g/mol. The van der Waals surface area contributed by atoms with Crippen LogP contribution < -0.4 is 14.9 Å². The largest absolute Gasteiger partial charge is 0.457 e. The molecule has 1 unspecified atom stereocenters. The molecule has 2 aromatic carbocycles. The summed E-state index contributed by atoms with van der Waals surface area (Å²) >= 11 is 3.53. The summed E-state index contributed by atoms with van der Waals surface area (Å²) in [6.07, 6.45) is 1.66. The topological polar surface area (TPSA) is 118 Å². The number of sulfonamides is 1. The second-order valence-corrected chi connectivity index (χ2v) is 12.4. The molecular weight excluding hydrogens is 589 g/mol. The molecule has 1 aromatic heterocycles. The molecule has 0 radical (unpaired) electrons. The van der Waals surface area contributed by atoms with Crippen LogP contribution >= 0.6 is 34.4 Å². The maximum absolute atomic E-state index is 13.1. The number of nitrogens with zero attached hydrogens (tertiary/aromatic N) is 1. The number of ether oxygens (including phenoxy) is 1. The lowest BCUT2D eigenvalue weighted by Crippen LogP contribution is -2.55. The SMILES string of the molecule is CC(C)(SCc1ccccn1)C(NS(=O)(=O)c1ccc(Oc2ccc(I)cc2)cc1)C(=O)NO. The number of benzene rings is 2. The molecule has 180 valence electrons. The Hall–Kier alpha value is -2.19. The van der Waals surface area contributed by atoms with Gasteiger partial charge in [0.2, 0.25) is 10.0 Å². The van der Waals surface area contributed by atoms with Crippen molar-refractivity contribution in [1.82, 2.24) is 15.2 Å². The summed E-state index contributed by atoms with van der Waals surface area (Å²) in [6.45, 7) is 3.45. The number of rotatable bonds is 10. The molecule has 0 aliphatic rings. The zero-order valence-electron chi connectivity index (χ0n) is 18.4. The number of carbonyl (C=O) groups is 1. The van der Waals surface area contributed by atoms with E-state index in [1.165, 1.54) is 36.0 Å². The molecule has 0 fully saturated rings. The van der Waals surface area contributed by atoms with Crippen molar-refractivity contribution in [3.63, 3.8) is 0 Å². The summed E-state index contributed by atoms with van der Waals surface area (Å²) in [7, 11) is -4.08. The molecule has 3 aromatic rings. The van der Waals surface area contributed by atoms with Crippen LogP contribution in [0.1, 0.15) is 19.5 Å². The van der Waals surface area contributed by atoms with Gasteiger partial charge < -0.3 is 4.74 Å². The van der Waals surface area contributed by atoms with Crippen molar-refractivity contribution in [2.45, 2.75) is 35.3 Å². The number of aromatic nitrogens is 1. The molecule has 0 bridgehead atoms. The van der Waals surface area contributed by atoms with Crippen molar-refractivity contribution in [1.29, 1.82) is 0 Å². The summed E-state index contributed by atoms with van der Waals surface area (Å²) in [5.74, 6) is 0.687. The first-order chi connectivity index (χ1) is 16.1. The average Bonchev–Trinajstić information content (AvgIpc) is 2.83. The molecule has 1 atom stereocenters. The van der Waals surface area contributed by atoms with Crippen molar-refractivity contribution in [2.24, 2.45) is 0 Å². The van der Waals surface area contributed by atoms with E-state index < -0.39 is 26.7 Å². The summed E-state index contributed by atoms with van der Waals surface area (Å²) in [5.41, 5.74) is 2.36. The van der Waals surface area contributed by atoms with Crippen LogP contribution in [-0.2, 0) is 20.6 Å². The fourth-order valence-corrected chi connectivity index (χ4v) is 5.75. The average molecular weight is 613 g/mol. The van der Waals surface area contributed by atoms with E-state index in [2.05, 4.69) is 32.3 Å². The lowest BCUT2D eigenvalue weighted by Gasteiger charge is -2.32. The van der Waals surface area contributed by atoms with Gasteiger partial charge in [-0.2, -0.15) is 4.72 Å². The van der Waals surface area contributed by atoms with Crippen molar-refractivity contribution in [2.75, 3.05) is 0 Å². The van der Waals surface area contributed by atoms with Crippen molar-refractivity contribution in [3.05, 3.63) is 82.2 Å². The van der Waals surface area contributed by atoms with Gasteiger partial charge >= 0.3 is 0 Å². The molecular formula is C23H24IN3O5S2. The zero-order valence-corrected chi connectivity index (χ0v) is 22.2. The van der Waals surface area contributed by atoms with Crippen molar-refractivity contribution < 1.29 is 23.2 Å². The zero-order chi connectivity index (χ0) is 24.8. The van der Waals surface area contributed by atoms with E-state index in [1.54, 1.807) is 31.6 Å². The number of hydrogen-bond acceptors (Lipinski definition) is 7. The van der Waals surface area contributed by atoms with Gasteiger partial charge in [0, 0.05) is 20.3 Å². The van der Waals surface area contributed by atoms with Crippen LogP contribution in [0.3, 0.4) is 0 Å². The van der Waals surface area contributed by atoms with E-state index in [0.717, 1.165) is 9.26 Å². The Bertz CT molecular complexity index is 1210. The van der Waals surface area contributed by atoms with E-state index >= 15 is 0 Å². The fourth-order valence-electron chi connectivity index (χ4n) is 2.95. The molecule has 3 N–H and O–H groups in total. The van der Waals surface area contributed by atoms with E-state index in [1.807, 2.05) is 36.4 Å². The summed E-state index contributed by atoms with van der Waals surface area (Å²) in [6, 6.07) is 17.5. The summed E-state index contributed by atoms with van der Waals surface area (Å²) < 4.78 is 34.4. The Morgan fingerprint density at radius 1 is 1.09 bits per heavy atom. The van der Waals surface area contributed by atoms with E-state index in [4.69, 9.17) is 4.74 Å².